The van der Waals surface area contributed by atoms with E-state index in [0.29, 0.717) is 0 Å². The lowest BCUT2D eigenvalue weighted by molar-refractivity contribution is -0.139. The van der Waals surface area contributed by atoms with Gasteiger partial charge in [-0.25, -0.2) is 0 Å². The molecule has 0 aliphatic rings. The van der Waals surface area contributed by atoms with Crippen LogP contribution in [0.25, 0.3) is 0 Å². The number of benzene rings is 1. The van der Waals surface area contributed by atoms with Crippen LogP contribution < -0.4 is 15.5 Å². The molecule has 23 heavy (non-hydrogen) atoms. The minimum absolute atomic E-state index is 0.00151. The maximum absolute atomic E-state index is 11.9. The molecule has 0 saturated carbocycles. The molecule has 0 spiro atoms. The van der Waals surface area contributed by atoms with Gasteiger partial charge in [0.05, 0.1) is 7.11 Å². The summed E-state index contributed by atoms with van der Waals surface area (Å²) in [5.41, 5.74) is 0.405. The quantitative estimate of drug-likeness (QED) is 0.802. The van der Waals surface area contributed by atoms with E-state index in [1.165, 1.54) is 7.11 Å². The number of methoxy groups -OCH3 is 1. The number of hydrogen-bond donors (Lipinski definition) is 1. The highest BCUT2D eigenvalue weighted by Gasteiger charge is 2.13. The van der Waals surface area contributed by atoms with Crippen molar-refractivity contribution in [2.45, 2.75) is 6.61 Å². The van der Waals surface area contributed by atoms with Crippen LogP contribution in [0.4, 0.5) is 0 Å². The molecule has 1 aromatic carbocycles. The van der Waals surface area contributed by atoms with E-state index < -0.39 is 17.3 Å². The Morgan fingerprint density at radius 2 is 1.96 bits per heavy atom. The van der Waals surface area contributed by atoms with Gasteiger partial charge in [-0.1, -0.05) is 30.3 Å². The van der Waals surface area contributed by atoms with E-state index in [9.17, 15) is 14.4 Å². The third-order valence-corrected chi connectivity index (χ3v) is 2.88. The van der Waals surface area contributed by atoms with E-state index in [2.05, 4.69) is 10.1 Å². The average Bonchev–Trinajstić information content (AvgIpc) is 2.59. The van der Waals surface area contributed by atoms with Crippen molar-refractivity contribution in [3.8, 4) is 5.75 Å². The first-order valence-corrected chi connectivity index (χ1v) is 6.74. The van der Waals surface area contributed by atoms with Gasteiger partial charge in [0.1, 0.15) is 19.4 Å². The molecule has 1 heterocycles. The molecule has 2 aromatic rings. The van der Waals surface area contributed by atoms with Crippen molar-refractivity contribution in [1.29, 1.82) is 0 Å². The summed E-state index contributed by atoms with van der Waals surface area (Å²) in [4.78, 5) is 34.6. The van der Waals surface area contributed by atoms with Crippen molar-refractivity contribution < 1.29 is 23.5 Å². The van der Waals surface area contributed by atoms with Crippen LogP contribution in [0.3, 0.4) is 0 Å². The van der Waals surface area contributed by atoms with Gasteiger partial charge in [0.25, 0.3) is 5.91 Å². The minimum atomic E-state index is -0.692. The Kier molecular flexibility index (Phi) is 5.51. The number of carbonyl (C=O) groups is 2. The summed E-state index contributed by atoms with van der Waals surface area (Å²) in [5, 5.41) is 2.27. The summed E-state index contributed by atoms with van der Waals surface area (Å²) in [6.45, 7) is -0.106. The molecule has 0 saturated heterocycles. The van der Waals surface area contributed by atoms with Crippen molar-refractivity contribution in [1.82, 2.24) is 5.32 Å². The Hall–Kier alpha value is -3.09. The van der Waals surface area contributed by atoms with Crippen LogP contribution in [-0.2, 0) is 16.1 Å². The Morgan fingerprint density at radius 1 is 1.22 bits per heavy atom. The van der Waals surface area contributed by atoms with Gasteiger partial charge in [-0.2, -0.15) is 0 Å². The fourth-order valence-electron chi connectivity index (χ4n) is 1.67. The molecule has 7 nitrogen and oxygen atoms in total. The van der Waals surface area contributed by atoms with Gasteiger partial charge in [0.15, 0.2) is 5.76 Å². The molecule has 0 aliphatic heterocycles. The number of esters is 1. The Morgan fingerprint density at radius 3 is 2.61 bits per heavy atom. The summed E-state index contributed by atoms with van der Waals surface area (Å²) >= 11 is 0. The van der Waals surface area contributed by atoms with Crippen LogP contribution in [0, 0.1) is 0 Å². The second kappa shape index (κ2) is 7.79. The number of carbonyl (C=O) groups excluding carboxylic acids is 2. The van der Waals surface area contributed by atoms with E-state index in [1.54, 1.807) is 0 Å². The molecule has 2 rings (SSSR count). The molecule has 0 fully saturated rings. The monoisotopic (exact) mass is 317 g/mol. The second-order valence-corrected chi connectivity index (χ2v) is 4.51. The van der Waals surface area contributed by atoms with E-state index in [0.717, 1.165) is 17.9 Å². The Bertz CT molecular complexity index is 738. The van der Waals surface area contributed by atoms with Gasteiger partial charge >= 0.3 is 5.97 Å². The van der Waals surface area contributed by atoms with E-state index in [1.807, 2.05) is 30.3 Å². The van der Waals surface area contributed by atoms with Crippen molar-refractivity contribution in [3.63, 3.8) is 0 Å². The summed E-state index contributed by atoms with van der Waals surface area (Å²) in [6.07, 6.45) is 1.07. The average molecular weight is 317 g/mol. The number of amides is 1. The fourth-order valence-corrected chi connectivity index (χ4v) is 1.67. The highest BCUT2D eigenvalue weighted by molar-refractivity contribution is 5.93. The normalized spacial score (nSPS) is 9.96. The van der Waals surface area contributed by atoms with Gasteiger partial charge in [-0.3, -0.25) is 14.4 Å². The maximum atomic E-state index is 11.9. The lowest BCUT2D eigenvalue weighted by Crippen LogP contribution is -2.30. The van der Waals surface area contributed by atoms with Crippen molar-refractivity contribution in [2.75, 3.05) is 13.7 Å². The summed E-state index contributed by atoms with van der Waals surface area (Å²) < 4.78 is 14.8. The number of hydrogen-bond acceptors (Lipinski definition) is 6. The van der Waals surface area contributed by atoms with E-state index in [4.69, 9.17) is 9.15 Å². The van der Waals surface area contributed by atoms with Crippen LogP contribution in [0.1, 0.15) is 16.1 Å². The number of nitrogens with one attached hydrogen (secondary N) is 1. The zero-order chi connectivity index (χ0) is 16.7. The summed E-state index contributed by atoms with van der Waals surface area (Å²) in [6, 6.07) is 10.3. The van der Waals surface area contributed by atoms with Crippen molar-refractivity contribution in [2.24, 2.45) is 0 Å². The van der Waals surface area contributed by atoms with E-state index >= 15 is 0 Å². The largest absolute Gasteiger partial charge is 0.482 e. The zero-order valence-electron chi connectivity index (χ0n) is 12.4. The molecule has 1 N–H and O–H groups in total. The summed E-state index contributed by atoms with van der Waals surface area (Å²) in [7, 11) is 1.20. The fraction of sp³-hybridized carbons (Fsp3) is 0.188. The Balaban J connectivity index is 1.99. The van der Waals surface area contributed by atoms with Crippen molar-refractivity contribution in [3.05, 3.63) is 64.2 Å². The molecule has 0 unspecified atom stereocenters. The maximum Gasteiger partial charge on any atom is 0.325 e. The minimum Gasteiger partial charge on any atom is -0.482 e. The molecule has 120 valence electrons. The smallest absolute Gasteiger partial charge is 0.325 e. The van der Waals surface area contributed by atoms with Gasteiger partial charge in [-0.05, 0) is 5.56 Å². The third-order valence-electron chi connectivity index (χ3n) is 2.88. The van der Waals surface area contributed by atoms with Gasteiger partial charge in [0, 0.05) is 6.07 Å². The molecule has 1 amide bonds. The highest BCUT2D eigenvalue weighted by Crippen LogP contribution is 2.09. The number of rotatable bonds is 6. The van der Waals surface area contributed by atoms with Crippen LogP contribution in [0.5, 0.6) is 5.75 Å². The molecule has 1 aromatic heterocycles. The molecule has 0 bridgehead atoms. The lowest BCUT2D eigenvalue weighted by Gasteiger charge is -2.06. The first-order valence-electron chi connectivity index (χ1n) is 6.74. The highest BCUT2D eigenvalue weighted by atomic mass is 16.5. The number of ether oxygens (including phenoxy) is 2. The predicted octanol–water partition coefficient (Wildman–Crippen LogP) is 1.12. The SMILES string of the molecule is COC(=O)CNC(=O)c1cc(=O)c(OCc2ccccc2)co1. The van der Waals surface area contributed by atoms with Crippen LogP contribution in [0.15, 0.2) is 51.9 Å². The second-order valence-electron chi connectivity index (χ2n) is 4.51. The molecule has 7 heteroatoms. The van der Waals surface area contributed by atoms with Gasteiger partial charge in [-0.15, -0.1) is 0 Å². The molecule has 0 radical (unpaired) electrons. The molecule has 0 atom stereocenters. The first-order chi connectivity index (χ1) is 11.1. The van der Waals surface area contributed by atoms with Gasteiger partial charge < -0.3 is 19.2 Å². The van der Waals surface area contributed by atoms with Crippen molar-refractivity contribution >= 4 is 11.9 Å². The lowest BCUT2D eigenvalue weighted by atomic mass is 10.2. The van der Waals surface area contributed by atoms with Crippen LogP contribution in [-0.4, -0.2) is 25.5 Å². The van der Waals surface area contributed by atoms with E-state index in [-0.39, 0.29) is 24.7 Å². The predicted molar refractivity (Wildman–Crippen MR) is 80.1 cm³/mol. The standard InChI is InChI=1S/C16H15NO6/c1-21-15(19)8-17-16(20)13-7-12(18)14(10-23-13)22-9-11-5-3-2-4-6-11/h2-7,10H,8-9H2,1H3,(H,17,20). The topological polar surface area (TPSA) is 94.8 Å². The molecular formula is C16H15NO6. The third kappa shape index (κ3) is 4.70. The Labute approximate surface area is 131 Å². The van der Waals surface area contributed by atoms with Crippen LogP contribution >= 0.6 is 0 Å². The summed E-state index contributed by atoms with van der Waals surface area (Å²) in [5.74, 6) is -1.52. The van der Waals surface area contributed by atoms with Gasteiger partial charge in [0.2, 0.25) is 11.2 Å². The molecular weight excluding hydrogens is 302 g/mol. The zero-order valence-corrected chi connectivity index (χ0v) is 12.4. The first kappa shape index (κ1) is 16.3. The van der Waals surface area contributed by atoms with Crippen LogP contribution in [0.2, 0.25) is 0 Å². The molecule has 0 aliphatic carbocycles.